The minimum atomic E-state index is 0.572. The van der Waals surface area contributed by atoms with Crippen LogP contribution in [0.4, 0.5) is 0 Å². The number of hydrogen-bond donors (Lipinski definition) is 0. The first kappa shape index (κ1) is 10.2. The predicted octanol–water partition coefficient (Wildman–Crippen LogP) is 4.49. The highest BCUT2D eigenvalue weighted by atomic mass is 35.5. The predicted molar refractivity (Wildman–Crippen MR) is 57.5 cm³/mol. The van der Waals surface area contributed by atoms with E-state index in [0.29, 0.717) is 15.3 Å². The summed E-state index contributed by atoms with van der Waals surface area (Å²) in [5.41, 5.74) is 0. The molecule has 0 aliphatic carbocycles. The molecule has 0 aliphatic rings. The van der Waals surface area contributed by atoms with Gasteiger partial charge in [0.15, 0.2) is 0 Å². The summed E-state index contributed by atoms with van der Waals surface area (Å²) in [6, 6.07) is 5.71. The Balaban J connectivity index is 2.82. The van der Waals surface area contributed by atoms with E-state index < -0.39 is 0 Å². The Hall–Kier alpha value is 0.150. The van der Waals surface area contributed by atoms with Crippen molar-refractivity contribution in [1.82, 2.24) is 0 Å². The van der Waals surface area contributed by atoms with Gasteiger partial charge >= 0.3 is 0 Å². The van der Waals surface area contributed by atoms with Gasteiger partial charge in [-0.2, -0.15) is 0 Å². The molecule has 0 saturated carbocycles. The van der Waals surface area contributed by atoms with Crippen molar-refractivity contribution in [3.63, 3.8) is 0 Å². The molecule has 0 saturated heterocycles. The van der Waals surface area contributed by atoms with E-state index in [2.05, 4.69) is 13.8 Å². The molecule has 0 amide bonds. The molecule has 0 atom stereocenters. The zero-order valence-corrected chi connectivity index (χ0v) is 9.30. The SMILES string of the molecule is CC(C)Sc1ccc(Cl)c(Cl)c1. The van der Waals surface area contributed by atoms with E-state index in [9.17, 15) is 0 Å². The summed E-state index contributed by atoms with van der Waals surface area (Å²) in [6.07, 6.45) is 0. The van der Waals surface area contributed by atoms with E-state index in [1.165, 1.54) is 4.90 Å². The van der Waals surface area contributed by atoms with Gasteiger partial charge in [0, 0.05) is 10.1 Å². The van der Waals surface area contributed by atoms with Crippen molar-refractivity contribution in [1.29, 1.82) is 0 Å². The first-order valence-electron chi connectivity index (χ1n) is 3.71. The minimum absolute atomic E-state index is 0.572. The third-order valence-electron chi connectivity index (χ3n) is 1.26. The highest BCUT2D eigenvalue weighted by molar-refractivity contribution is 7.99. The van der Waals surface area contributed by atoms with Crippen LogP contribution in [0.2, 0.25) is 10.0 Å². The molecule has 1 aromatic rings. The molecule has 0 aliphatic heterocycles. The Labute approximate surface area is 87.3 Å². The second-order valence-corrected chi connectivity index (χ2v) is 5.21. The molecule has 0 spiro atoms. The van der Waals surface area contributed by atoms with Crippen molar-refractivity contribution in [3.05, 3.63) is 28.2 Å². The number of benzene rings is 1. The standard InChI is InChI=1S/C9H10Cl2S/c1-6(2)12-7-3-4-8(10)9(11)5-7/h3-6H,1-2H3. The third kappa shape index (κ3) is 2.89. The summed E-state index contributed by atoms with van der Waals surface area (Å²) in [5, 5.41) is 1.81. The Morgan fingerprint density at radius 3 is 2.33 bits per heavy atom. The van der Waals surface area contributed by atoms with Crippen LogP contribution >= 0.6 is 35.0 Å². The fraction of sp³-hybridized carbons (Fsp3) is 0.333. The van der Waals surface area contributed by atoms with Crippen molar-refractivity contribution in [2.45, 2.75) is 24.0 Å². The smallest absolute Gasteiger partial charge is 0.0603 e. The maximum atomic E-state index is 5.85. The molecule has 0 heterocycles. The van der Waals surface area contributed by atoms with Gasteiger partial charge in [0.05, 0.1) is 10.0 Å². The summed E-state index contributed by atoms with van der Waals surface area (Å²) in [5.74, 6) is 0. The van der Waals surface area contributed by atoms with Crippen molar-refractivity contribution < 1.29 is 0 Å². The van der Waals surface area contributed by atoms with Gasteiger partial charge in [-0.3, -0.25) is 0 Å². The maximum Gasteiger partial charge on any atom is 0.0603 e. The number of halogens is 2. The molecule has 66 valence electrons. The molecule has 1 aromatic carbocycles. The minimum Gasteiger partial charge on any atom is -0.123 e. The zero-order valence-electron chi connectivity index (χ0n) is 6.97. The average molecular weight is 221 g/mol. The Morgan fingerprint density at radius 1 is 1.17 bits per heavy atom. The zero-order chi connectivity index (χ0) is 9.14. The Bertz CT molecular complexity index is 271. The highest BCUT2D eigenvalue weighted by Gasteiger charge is 2.01. The molecule has 0 aromatic heterocycles. The van der Waals surface area contributed by atoms with Gasteiger partial charge in [-0.25, -0.2) is 0 Å². The molecular weight excluding hydrogens is 211 g/mol. The Kier molecular flexibility index (Phi) is 3.76. The lowest BCUT2D eigenvalue weighted by Crippen LogP contribution is -1.85. The van der Waals surface area contributed by atoms with E-state index in [1.807, 2.05) is 18.2 Å². The second-order valence-electron chi connectivity index (χ2n) is 2.74. The van der Waals surface area contributed by atoms with Crippen LogP contribution in [0.5, 0.6) is 0 Å². The normalized spacial score (nSPS) is 10.8. The van der Waals surface area contributed by atoms with Gasteiger partial charge in [0.2, 0.25) is 0 Å². The van der Waals surface area contributed by atoms with Gasteiger partial charge < -0.3 is 0 Å². The quantitative estimate of drug-likeness (QED) is 0.663. The van der Waals surface area contributed by atoms with Gasteiger partial charge in [0.1, 0.15) is 0 Å². The number of rotatable bonds is 2. The Morgan fingerprint density at radius 2 is 1.83 bits per heavy atom. The number of hydrogen-bond acceptors (Lipinski definition) is 1. The first-order chi connectivity index (χ1) is 5.59. The number of thioether (sulfide) groups is 1. The van der Waals surface area contributed by atoms with E-state index in [-0.39, 0.29) is 0 Å². The summed E-state index contributed by atoms with van der Waals surface area (Å²) in [6.45, 7) is 4.29. The summed E-state index contributed by atoms with van der Waals surface area (Å²) < 4.78 is 0. The van der Waals surface area contributed by atoms with Gasteiger partial charge in [-0.1, -0.05) is 37.0 Å². The molecule has 12 heavy (non-hydrogen) atoms. The van der Waals surface area contributed by atoms with Crippen molar-refractivity contribution >= 4 is 35.0 Å². The second kappa shape index (κ2) is 4.40. The third-order valence-corrected chi connectivity index (χ3v) is 3.00. The fourth-order valence-corrected chi connectivity index (χ4v) is 2.06. The van der Waals surface area contributed by atoms with Crippen molar-refractivity contribution in [3.8, 4) is 0 Å². The van der Waals surface area contributed by atoms with Crippen LogP contribution in [-0.2, 0) is 0 Å². The monoisotopic (exact) mass is 220 g/mol. The lowest BCUT2D eigenvalue weighted by atomic mass is 10.4. The fourth-order valence-electron chi connectivity index (χ4n) is 0.822. The molecule has 0 bridgehead atoms. The van der Waals surface area contributed by atoms with Crippen molar-refractivity contribution in [2.24, 2.45) is 0 Å². The van der Waals surface area contributed by atoms with Crippen molar-refractivity contribution in [2.75, 3.05) is 0 Å². The van der Waals surface area contributed by atoms with E-state index in [1.54, 1.807) is 11.8 Å². The van der Waals surface area contributed by atoms with Crippen LogP contribution < -0.4 is 0 Å². The molecule has 0 N–H and O–H groups in total. The van der Waals surface area contributed by atoms with Gasteiger partial charge in [-0.15, -0.1) is 11.8 Å². The van der Waals surface area contributed by atoms with Crippen LogP contribution in [0.1, 0.15) is 13.8 Å². The van der Waals surface area contributed by atoms with Crippen LogP contribution in [0.3, 0.4) is 0 Å². The maximum absolute atomic E-state index is 5.85. The molecule has 0 radical (unpaired) electrons. The summed E-state index contributed by atoms with van der Waals surface area (Å²) in [7, 11) is 0. The average Bonchev–Trinajstić information content (AvgIpc) is 1.96. The molecule has 0 fully saturated rings. The molecule has 3 heteroatoms. The highest BCUT2D eigenvalue weighted by Crippen LogP contribution is 2.29. The first-order valence-corrected chi connectivity index (χ1v) is 5.35. The molecule has 1 rings (SSSR count). The van der Waals surface area contributed by atoms with Crippen LogP contribution in [0, 0.1) is 0 Å². The van der Waals surface area contributed by atoms with Crippen LogP contribution in [-0.4, -0.2) is 5.25 Å². The summed E-state index contributed by atoms with van der Waals surface area (Å²) in [4.78, 5) is 1.17. The molecule has 0 nitrogen and oxygen atoms in total. The van der Waals surface area contributed by atoms with E-state index >= 15 is 0 Å². The lowest BCUT2D eigenvalue weighted by molar-refractivity contribution is 1.11. The van der Waals surface area contributed by atoms with E-state index in [0.717, 1.165) is 0 Å². The van der Waals surface area contributed by atoms with E-state index in [4.69, 9.17) is 23.2 Å². The van der Waals surface area contributed by atoms with Gasteiger partial charge in [0.25, 0.3) is 0 Å². The summed E-state index contributed by atoms with van der Waals surface area (Å²) >= 11 is 13.4. The molecular formula is C9H10Cl2S. The topological polar surface area (TPSA) is 0 Å². The molecule has 0 unspecified atom stereocenters. The van der Waals surface area contributed by atoms with Crippen LogP contribution in [0.25, 0.3) is 0 Å². The largest absolute Gasteiger partial charge is 0.123 e. The lowest BCUT2D eigenvalue weighted by Gasteiger charge is -2.05. The van der Waals surface area contributed by atoms with Gasteiger partial charge in [-0.05, 0) is 18.2 Å². The van der Waals surface area contributed by atoms with Crippen LogP contribution in [0.15, 0.2) is 23.1 Å².